The van der Waals surface area contributed by atoms with Gasteiger partial charge in [-0.25, -0.2) is 0 Å². The van der Waals surface area contributed by atoms with Gasteiger partial charge in [0.1, 0.15) is 18.4 Å². The summed E-state index contributed by atoms with van der Waals surface area (Å²) >= 11 is 0.716. The van der Waals surface area contributed by atoms with E-state index in [2.05, 4.69) is 4.90 Å². The molecule has 2 saturated heterocycles. The van der Waals surface area contributed by atoms with Gasteiger partial charge in [0.25, 0.3) is 11.1 Å². The van der Waals surface area contributed by atoms with E-state index >= 15 is 0 Å². The highest BCUT2D eigenvalue weighted by atomic mass is 32.2. The molecule has 2 aliphatic rings. The minimum atomic E-state index is -0.584. The molecule has 3 aromatic rings. The number of piperazine rings is 1. The van der Waals surface area contributed by atoms with Crippen LogP contribution in [0.1, 0.15) is 5.56 Å². The average molecular weight is 476 g/mol. The largest absolute Gasteiger partial charge is 0.463 e. The van der Waals surface area contributed by atoms with Crippen LogP contribution in [0.15, 0.2) is 75.0 Å². The molecule has 3 amide bonds. The fourth-order valence-electron chi connectivity index (χ4n) is 4.06. The van der Waals surface area contributed by atoms with E-state index in [4.69, 9.17) is 4.42 Å². The first-order valence-corrected chi connectivity index (χ1v) is 11.7. The number of imide groups is 1. The zero-order valence-electron chi connectivity index (χ0n) is 18.2. The molecule has 0 unspecified atom stereocenters. The molecule has 2 fully saturated rings. The Bertz CT molecular complexity index is 1360. The van der Waals surface area contributed by atoms with Crippen LogP contribution in [0.3, 0.4) is 0 Å². The lowest BCUT2D eigenvalue weighted by atomic mass is 10.1. The summed E-state index contributed by atoms with van der Waals surface area (Å²) in [6, 6.07) is 16.8. The van der Waals surface area contributed by atoms with Gasteiger partial charge in [-0.2, -0.15) is 0 Å². The van der Waals surface area contributed by atoms with Gasteiger partial charge in [-0.3, -0.25) is 24.1 Å². The third-order valence-corrected chi connectivity index (χ3v) is 6.82. The van der Waals surface area contributed by atoms with E-state index in [9.17, 15) is 19.2 Å². The van der Waals surface area contributed by atoms with E-state index in [1.54, 1.807) is 29.2 Å². The van der Waals surface area contributed by atoms with Crippen molar-refractivity contribution in [1.82, 2.24) is 9.80 Å². The highest BCUT2D eigenvalue weighted by Crippen LogP contribution is 2.32. The Morgan fingerprint density at radius 2 is 1.65 bits per heavy atom. The molecule has 172 valence electrons. The van der Waals surface area contributed by atoms with Crippen molar-refractivity contribution in [2.24, 2.45) is 0 Å². The first-order chi connectivity index (χ1) is 16.5. The van der Waals surface area contributed by atoms with Crippen LogP contribution in [-0.4, -0.2) is 59.6 Å². The van der Waals surface area contributed by atoms with E-state index in [0.29, 0.717) is 48.9 Å². The Kier molecular flexibility index (Phi) is 5.93. The number of carbonyl (C=O) groups is 3. The van der Waals surface area contributed by atoms with E-state index < -0.39 is 11.1 Å². The van der Waals surface area contributed by atoms with Crippen molar-refractivity contribution < 1.29 is 18.8 Å². The van der Waals surface area contributed by atoms with Crippen LogP contribution in [0.4, 0.5) is 10.5 Å². The first kappa shape index (κ1) is 22.0. The van der Waals surface area contributed by atoms with Crippen LogP contribution in [0.5, 0.6) is 0 Å². The number of carbonyl (C=O) groups excluding carboxylic acids is 3. The summed E-state index contributed by atoms with van der Waals surface area (Å²) < 4.78 is 5.48. The second-order valence-electron chi connectivity index (χ2n) is 7.99. The fraction of sp³-hybridized carbons (Fsp3) is 0.200. The van der Waals surface area contributed by atoms with Crippen molar-refractivity contribution in [3.05, 3.63) is 81.6 Å². The zero-order chi connectivity index (χ0) is 23.7. The Morgan fingerprint density at radius 1 is 0.941 bits per heavy atom. The summed E-state index contributed by atoms with van der Waals surface area (Å²) in [7, 11) is 0. The molecular formula is C25H21N3O5S. The number of rotatable bonds is 4. The topological polar surface area (TPSA) is 91.1 Å². The minimum Gasteiger partial charge on any atom is -0.463 e. The third kappa shape index (κ3) is 4.22. The zero-order valence-corrected chi connectivity index (χ0v) is 19.0. The van der Waals surface area contributed by atoms with Crippen molar-refractivity contribution in [2.75, 3.05) is 37.6 Å². The normalized spacial score (nSPS) is 17.8. The van der Waals surface area contributed by atoms with Gasteiger partial charge in [-0.1, -0.05) is 30.3 Å². The number of thioether (sulfide) groups is 1. The lowest BCUT2D eigenvalue weighted by Gasteiger charge is -2.36. The molecule has 2 aromatic carbocycles. The van der Waals surface area contributed by atoms with Gasteiger partial charge in [0.15, 0.2) is 5.43 Å². The van der Waals surface area contributed by atoms with Crippen molar-refractivity contribution in [1.29, 1.82) is 0 Å². The van der Waals surface area contributed by atoms with E-state index in [1.807, 2.05) is 30.3 Å². The predicted molar refractivity (Wildman–Crippen MR) is 130 cm³/mol. The first-order valence-electron chi connectivity index (χ1n) is 10.8. The number of fused-ring (bicyclic) bond motifs is 1. The van der Waals surface area contributed by atoms with Gasteiger partial charge in [0.05, 0.1) is 15.9 Å². The quantitative estimate of drug-likeness (QED) is 0.535. The smallest absolute Gasteiger partial charge is 0.294 e. The second-order valence-corrected chi connectivity index (χ2v) is 8.98. The molecular weight excluding hydrogens is 454 g/mol. The third-order valence-electron chi connectivity index (χ3n) is 5.91. The average Bonchev–Trinajstić information content (AvgIpc) is 3.13. The van der Waals surface area contributed by atoms with Gasteiger partial charge in [-0.15, -0.1) is 0 Å². The molecule has 0 saturated carbocycles. The maximum atomic E-state index is 12.9. The van der Waals surface area contributed by atoms with Gasteiger partial charge < -0.3 is 14.2 Å². The maximum Gasteiger partial charge on any atom is 0.294 e. The number of anilines is 1. The molecule has 3 heterocycles. The second kappa shape index (κ2) is 9.18. The van der Waals surface area contributed by atoms with E-state index in [0.717, 1.165) is 10.6 Å². The van der Waals surface area contributed by atoms with Gasteiger partial charge in [0, 0.05) is 31.9 Å². The van der Waals surface area contributed by atoms with Crippen LogP contribution in [0, 0.1) is 0 Å². The fourth-order valence-corrected chi connectivity index (χ4v) is 4.89. The molecule has 2 aliphatic heterocycles. The summed E-state index contributed by atoms with van der Waals surface area (Å²) in [4.78, 5) is 55.8. The molecule has 0 atom stereocenters. The van der Waals surface area contributed by atoms with Crippen molar-refractivity contribution >= 4 is 51.5 Å². The number of para-hydroxylation sites is 2. The van der Waals surface area contributed by atoms with Crippen LogP contribution in [0.25, 0.3) is 17.0 Å². The lowest BCUT2D eigenvalue weighted by molar-refractivity contribution is -0.136. The molecule has 8 nitrogen and oxygen atoms in total. The van der Waals surface area contributed by atoms with Crippen LogP contribution >= 0.6 is 11.8 Å². The van der Waals surface area contributed by atoms with Crippen molar-refractivity contribution in [3.8, 4) is 0 Å². The predicted octanol–water partition coefficient (Wildman–Crippen LogP) is 3.18. The Balaban J connectivity index is 1.26. The van der Waals surface area contributed by atoms with Crippen LogP contribution in [-0.2, 0) is 9.59 Å². The number of benzene rings is 2. The summed E-state index contributed by atoms with van der Waals surface area (Å²) in [5.74, 6) is -0.861. The maximum absolute atomic E-state index is 12.9. The van der Waals surface area contributed by atoms with Gasteiger partial charge >= 0.3 is 0 Å². The van der Waals surface area contributed by atoms with Crippen molar-refractivity contribution in [3.63, 3.8) is 0 Å². The highest BCUT2D eigenvalue weighted by Gasteiger charge is 2.37. The molecule has 0 N–H and O–H groups in total. The number of amides is 3. The number of nitrogens with zero attached hydrogens (tertiary/aromatic N) is 3. The van der Waals surface area contributed by atoms with E-state index in [1.165, 1.54) is 12.3 Å². The summed E-state index contributed by atoms with van der Waals surface area (Å²) in [6.07, 6.45) is 2.63. The summed E-state index contributed by atoms with van der Waals surface area (Å²) in [6.45, 7) is 2.06. The molecule has 1 aromatic heterocycles. The van der Waals surface area contributed by atoms with Gasteiger partial charge in [-0.05, 0) is 42.1 Å². The SMILES string of the molecule is O=C(CN1C(=O)S/C(=C/c2coc3ccccc3c2=O)C1=O)N1CCN(c2ccccc2)CC1. The minimum absolute atomic E-state index is 0.0919. The molecule has 5 rings (SSSR count). The summed E-state index contributed by atoms with van der Waals surface area (Å²) in [5.41, 5.74) is 1.42. The number of hydrogen-bond donors (Lipinski definition) is 0. The van der Waals surface area contributed by atoms with Crippen LogP contribution < -0.4 is 10.3 Å². The monoisotopic (exact) mass is 475 g/mol. The van der Waals surface area contributed by atoms with E-state index in [-0.39, 0.29) is 28.3 Å². The number of hydrogen-bond acceptors (Lipinski definition) is 7. The van der Waals surface area contributed by atoms with Crippen LogP contribution in [0.2, 0.25) is 0 Å². The molecule has 0 aliphatic carbocycles. The Hall–Kier alpha value is -3.85. The lowest BCUT2D eigenvalue weighted by Crippen LogP contribution is -2.51. The van der Waals surface area contributed by atoms with Crippen molar-refractivity contribution in [2.45, 2.75) is 0 Å². The molecule has 0 radical (unpaired) electrons. The highest BCUT2D eigenvalue weighted by molar-refractivity contribution is 8.18. The molecule has 34 heavy (non-hydrogen) atoms. The Labute approximate surface area is 199 Å². The standard InChI is InChI=1S/C25H21N3O5S/c29-22(27-12-10-26(11-13-27)18-6-2-1-3-7-18)15-28-24(31)21(34-25(28)32)14-17-16-33-20-9-5-4-8-19(20)23(17)30/h1-9,14,16H,10-13,15H2/b21-14+. The summed E-state index contributed by atoms with van der Waals surface area (Å²) in [5, 5.41) is -0.141. The Morgan fingerprint density at radius 3 is 2.41 bits per heavy atom. The molecule has 0 spiro atoms. The van der Waals surface area contributed by atoms with Gasteiger partial charge in [0.2, 0.25) is 5.91 Å². The molecule has 9 heteroatoms. The molecule has 0 bridgehead atoms.